The molecule has 5 nitrogen and oxygen atoms in total. The van der Waals surface area contributed by atoms with Crippen LogP contribution in [0.15, 0.2) is 24.6 Å². The minimum atomic E-state index is -0.0319. The molecule has 0 aromatic carbocycles. The summed E-state index contributed by atoms with van der Waals surface area (Å²) >= 11 is 0. The molecule has 0 radical (unpaired) electrons. The molecular weight excluding hydrogens is 166 g/mol. The van der Waals surface area contributed by atoms with Crippen LogP contribution in [-0.2, 0) is 0 Å². The van der Waals surface area contributed by atoms with Gasteiger partial charge in [-0.05, 0) is 6.92 Å². The fraction of sp³-hybridized carbons (Fsp3) is 0.125. The number of aromatic nitrogens is 4. The molecule has 0 bridgehead atoms. The van der Waals surface area contributed by atoms with Gasteiger partial charge in [-0.1, -0.05) is 0 Å². The smallest absolute Gasteiger partial charge is 0.145 e. The van der Waals surface area contributed by atoms with E-state index in [0.717, 1.165) is 0 Å². The van der Waals surface area contributed by atoms with Crippen LogP contribution in [0.25, 0.3) is 5.69 Å². The van der Waals surface area contributed by atoms with Crippen LogP contribution in [0.4, 0.5) is 5.82 Å². The molecule has 66 valence electrons. The van der Waals surface area contributed by atoms with Gasteiger partial charge in [-0.2, -0.15) is 5.10 Å². The van der Waals surface area contributed by atoms with Gasteiger partial charge in [0.15, 0.2) is 0 Å². The van der Waals surface area contributed by atoms with Crippen LogP contribution >= 0.6 is 0 Å². The summed E-state index contributed by atoms with van der Waals surface area (Å²) in [7, 11) is 0. The number of nitrogens with two attached hydrogens (primary N) is 1. The van der Waals surface area contributed by atoms with E-state index in [1.54, 1.807) is 19.2 Å². The monoisotopic (exact) mass is 177 g/mol. The molecule has 0 aliphatic rings. The first-order valence-corrected chi connectivity index (χ1v) is 3.71. The van der Waals surface area contributed by atoms with E-state index in [1.165, 1.54) is 4.68 Å². The Labute approximate surface area is 78.0 Å². The van der Waals surface area contributed by atoms with Crippen molar-refractivity contribution in [3.63, 3.8) is 0 Å². The fourth-order valence-corrected chi connectivity index (χ4v) is 0.883. The summed E-state index contributed by atoms with van der Waals surface area (Å²) in [5, 5.41) is 3.91. The molecule has 2 rings (SSSR count). The molecule has 0 spiro atoms. The quantitative estimate of drug-likeness (QED) is 0.690. The summed E-state index contributed by atoms with van der Waals surface area (Å²) in [5.74, 6) is 0.725. The predicted octanol–water partition coefficient (Wildman–Crippen LogP) is 0.553. The van der Waals surface area contributed by atoms with Gasteiger partial charge < -0.3 is 5.73 Å². The van der Waals surface area contributed by atoms with Crippen molar-refractivity contribution in [2.45, 2.75) is 6.92 Å². The molecule has 0 aliphatic heterocycles. The SMILES string of the molecule is [2H]c1nc(C)nc([2H])c1-n1ccc(N)n1. The summed E-state index contributed by atoms with van der Waals surface area (Å²) in [6.45, 7) is 1.64. The number of hydrogen-bond acceptors (Lipinski definition) is 4. The van der Waals surface area contributed by atoms with Crippen molar-refractivity contribution >= 4 is 5.82 Å². The summed E-state index contributed by atoms with van der Waals surface area (Å²) in [5.41, 5.74) is 5.68. The first-order chi connectivity index (χ1) is 7.08. The van der Waals surface area contributed by atoms with Crippen LogP contribution in [0.3, 0.4) is 0 Å². The highest BCUT2D eigenvalue weighted by molar-refractivity contribution is 5.31. The molecule has 2 aromatic heterocycles. The highest BCUT2D eigenvalue weighted by Gasteiger charge is 1.98. The summed E-state index contributed by atoms with van der Waals surface area (Å²) in [6.07, 6.45) is 1.51. The van der Waals surface area contributed by atoms with Gasteiger partial charge in [0.25, 0.3) is 0 Å². The van der Waals surface area contributed by atoms with E-state index in [4.69, 9.17) is 8.48 Å². The normalized spacial score (nSPS) is 12.4. The lowest BCUT2D eigenvalue weighted by Crippen LogP contribution is -1.98. The topological polar surface area (TPSA) is 69.6 Å². The van der Waals surface area contributed by atoms with Crippen molar-refractivity contribution in [2.75, 3.05) is 5.73 Å². The second-order valence-electron chi connectivity index (χ2n) is 2.53. The molecule has 0 unspecified atom stereocenters. The van der Waals surface area contributed by atoms with Gasteiger partial charge in [0.1, 0.15) is 17.3 Å². The molecule has 0 atom stereocenters. The zero-order valence-corrected chi connectivity index (χ0v) is 7.02. The third-order valence-corrected chi connectivity index (χ3v) is 1.49. The Bertz CT molecular complexity index is 484. The van der Waals surface area contributed by atoms with Crippen LogP contribution in [0.2, 0.25) is 0 Å². The number of aryl methyl sites for hydroxylation is 1. The minimum absolute atomic E-state index is 0.0319. The number of nitrogens with zero attached hydrogens (tertiary/aromatic N) is 4. The van der Waals surface area contributed by atoms with E-state index in [2.05, 4.69) is 15.1 Å². The molecule has 0 saturated heterocycles. The van der Waals surface area contributed by atoms with E-state index < -0.39 is 0 Å². The van der Waals surface area contributed by atoms with Gasteiger partial charge in [0.05, 0.1) is 15.1 Å². The Morgan fingerprint density at radius 3 is 2.69 bits per heavy atom. The molecule has 0 fully saturated rings. The van der Waals surface area contributed by atoms with Crippen LogP contribution in [0.5, 0.6) is 0 Å². The molecule has 2 aromatic rings. The Morgan fingerprint density at radius 2 is 2.15 bits per heavy atom. The second kappa shape index (κ2) is 2.85. The Morgan fingerprint density at radius 1 is 1.46 bits per heavy atom. The largest absolute Gasteiger partial charge is 0.382 e. The van der Waals surface area contributed by atoms with Gasteiger partial charge in [-0.25, -0.2) is 14.6 Å². The molecule has 2 N–H and O–H groups in total. The van der Waals surface area contributed by atoms with Crippen molar-refractivity contribution in [3.8, 4) is 5.69 Å². The Balaban J connectivity index is 2.62. The number of anilines is 1. The van der Waals surface area contributed by atoms with Crippen molar-refractivity contribution in [3.05, 3.63) is 30.4 Å². The lowest BCUT2D eigenvalue weighted by Gasteiger charge is -1.98. The number of nitrogen functional groups attached to an aromatic ring is 1. The zero-order chi connectivity index (χ0) is 11.0. The maximum absolute atomic E-state index is 7.63. The maximum atomic E-state index is 7.63. The Hall–Kier alpha value is -1.91. The van der Waals surface area contributed by atoms with Gasteiger partial charge >= 0.3 is 0 Å². The van der Waals surface area contributed by atoms with Crippen LogP contribution in [-0.4, -0.2) is 19.7 Å². The standard InChI is InChI=1S/C8H9N5/c1-6-10-4-7(5-11-6)13-3-2-8(9)12-13/h2-5H,1H3,(H2,9,12)/i4D,5D. The maximum Gasteiger partial charge on any atom is 0.145 e. The molecule has 2 heterocycles. The van der Waals surface area contributed by atoms with E-state index >= 15 is 0 Å². The molecule has 0 amide bonds. The summed E-state index contributed by atoms with van der Waals surface area (Å²) in [6, 6.07) is 1.58. The van der Waals surface area contributed by atoms with E-state index in [0.29, 0.717) is 11.6 Å². The van der Waals surface area contributed by atoms with E-state index in [9.17, 15) is 0 Å². The molecule has 13 heavy (non-hydrogen) atoms. The molecule has 0 saturated carbocycles. The minimum Gasteiger partial charge on any atom is -0.382 e. The Kier molecular flexibility index (Phi) is 1.25. The number of rotatable bonds is 1. The lowest BCUT2D eigenvalue weighted by atomic mass is 10.5. The van der Waals surface area contributed by atoms with Gasteiger partial charge in [-0.15, -0.1) is 0 Å². The summed E-state index contributed by atoms with van der Waals surface area (Å²) < 4.78 is 16.6. The zero-order valence-electron chi connectivity index (χ0n) is 9.02. The third kappa shape index (κ3) is 1.48. The molecule has 5 heteroatoms. The van der Waals surface area contributed by atoms with E-state index in [1.807, 2.05) is 0 Å². The lowest BCUT2D eigenvalue weighted by molar-refractivity contribution is 0.861. The third-order valence-electron chi connectivity index (χ3n) is 1.49. The van der Waals surface area contributed by atoms with Crippen LogP contribution < -0.4 is 5.73 Å². The molecular formula is C8H9N5. The molecule has 0 aliphatic carbocycles. The van der Waals surface area contributed by atoms with Crippen molar-refractivity contribution < 1.29 is 2.74 Å². The van der Waals surface area contributed by atoms with Crippen molar-refractivity contribution in [1.82, 2.24) is 19.7 Å². The van der Waals surface area contributed by atoms with Crippen molar-refractivity contribution in [2.24, 2.45) is 0 Å². The highest BCUT2D eigenvalue weighted by atomic mass is 15.3. The van der Waals surface area contributed by atoms with E-state index in [-0.39, 0.29) is 18.0 Å². The van der Waals surface area contributed by atoms with Gasteiger partial charge in [0, 0.05) is 12.3 Å². The van der Waals surface area contributed by atoms with Gasteiger partial charge in [0.2, 0.25) is 0 Å². The van der Waals surface area contributed by atoms with Gasteiger partial charge in [-0.3, -0.25) is 0 Å². The average molecular weight is 177 g/mol. The highest BCUT2D eigenvalue weighted by Crippen LogP contribution is 2.05. The fourth-order valence-electron chi connectivity index (χ4n) is 0.883. The average Bonchev–Trinajstić information content (AvgIpc) is 2.49. The van der Waals surface area contributed by atoms with Crippen LogP contribution in [0, 0.1) is 6.92 Å². The predicted molar refractivity (Wildman–Crippen MR) is 48.3 cm³/mol. The first-order valence-electron chi connectivity index (χ1n) is 4.71. The number of hydrogen-bond donors (Lipinski definition) is 1. The second-order valence-corrected chi connectivity index (χ2v) is 2.53. The summed E-state index contributed by atoms with van der Waals surface area (Å²) in [4.78, 5) is 7.71. The first kappa shape index (κ1) is 5.69. The van der Waals surface area contributed by atoms with Crippen molar-refractivity contribution in [1.29, 1.82) is 0 Å². The van der Waals surface area contributed by atoms with Crippen LogP contribution in [0.1, 0.15) is 8.57 Å².